The number of carbonyl (C=O) groups is 2. The molecule has 2 rings (SSSR count). The predicted molar refractivity (Wildman–Crippen MR) is 107 cm³/mol. The number of aryl methyl sites for hydroxylation is 1. The highest BCUT2D eigenvalue weighted by atomic mass is 16.4. The molecule has 0 saturated heterocycles. The lowest BCUT2D eigenvalue weighted by molar-refractivity contribution is -0.131. The van der Waals surface area contributed by atoms with Crippen LogP contribution in [0.2, 0.25) is 0 Å². The Labute approximate surface area is 160 Å². The minimum absolute atomic E-state index is 0.0414. The summed E-state index contributed by atoms with van der Waals surface area (Å²) in [6, 6.07) is 7.85. The SMILES string of the molecule is CC(=C/C(=O)O)/C=C/[C@@]1(O)C(/C=C/c2ccccc2C)=CC(=O)CC1(C)C. The summed E-state index contributed by atoms with van der Waals surface area (Å²) in [5, 5.41) is 20.3. The van der Waals surface area contributed by atoms with Crippen LogP contribution in [-0.4, -0.2) is 27.6 Å². The summed E-state index contributed by atoms with van der Waals surface area (Å²) in [6.07, 6.45) is 9.57. The maximum Gasteiger partial charge on any atom is 0.328 e. The van der Waals surface area contributed by atoms with Crippen molar-refractivity contribution < 1.29 is 19.8 Å². The lowest BCUT2D eigenvalue weighted by Gasteiger charge is -2.44. The summed E-state index contributed by atoms with van der Waals surface area (Å²) < 4.78 is 0. The number of aliphatic carboxylic acids is 1. The second-order valence-corrected chi connectivity index (χ2v) is 7.64. The van der Waals surface area contributed by atoms with Crippen LogP contribution in [0.15, 0.2) is 65.8 Å². The maximum absolute atomic E-state index is 12.2. The number of hydrogen-bond donors (Lipinski definition) is 2. The standard InChI is InChI=1S/C23H26O4/c1-16(13-21(25)26)11-12-23(27)19(14-20(24)15-22(23,3)4)10-9-18-8-6-5-7-17(18)2/h5-14,27H,15H2,1-4H3,(H,25,26)/b10-9+,12-11+,16-13-/t23-/m1/s1. The average Bonchev–Trinajstić information content (AvgIpc) is 2.55. The molecule has 0 bridgehead atoms. The highest BCUT2D eigenvalue weighted by molar-refractivity contribution is 5.94. The first kappa shape index (κ1) is 20.6. The number of allylic oxidation sites excluding steroid dienone is 3. The molecule has 0 fully saturated rings. The molecule has 2 N–H and O–H groups in total. The third kappa shape index (κ3) is 4.72. The molecule has 4 nitrogen and oxygen atoms in total. The zero-order chi connectivity index (χ0) is 20.2. The van der Waals surface area contributed by atoms with Gasteiger partial charge in [0.25, 0.3) is 0 Å². The van der Waals surface area contributed by atoms with Crippen LogP contribution in [0, 0.1) is 12.3 Å². The molecule has 0 heterocycles. The molecule has 4 heteroatoms. The number of hydrogen-bond acceptors (Lipinski definition) is 3. The van der Waals surface area contributed by atoms with Crippen molar-refractivity contribution in [1.29, 1.82) is 0 Å². The van der Waals surface area contributed by atoms with Gasteiger partial charge < -0.3 is 10.2 Å². The number of aliphatic hydroxyl groups is 1. The van der Waals surface area contributed by atoms with Crippen molar-refractivity contribution in [3.8, 4) is 0 Å². The van der Waals surface area contributed by atoms with Crippen LogP contribution in [0.4, 0.5) is 0 Å². The molecule has 0 aromatic heterocycles. The summed E-state index contributed by atoms with van der Waals surface area (Å²) in [4.78, 5) is 23.0. The van der Waals surface area contributed by atoms with Crippen LogP contribution < -0.4 is 0 Å². The molecule has 1 aliphatic rings. The zero-order valence-corrected chi connectivity index (χ0v) is 16.2. The van der Waals surface area contributed by atoms with Gasteiger partial charge in [-0.2, -0.15) is 0 Å². The summed E-state index contributed by atoms with van der Waals surface area (Å²) >= 11 is 0. The molecular formula is C23H26O4. The van der Waals surface area contributed by atoms with E-state index in [1.165, 1.54) is 6.08 Å². The van der Waals surface area contributed by atoms with E-state index in [1.807, 2.05) is 51.1 Å². The van der Waals surface area contributed by atoms with E-state index in [9.17, 15) is 14.7 Å². The van der Waals surface area contributed by atoms with Gasteiger partial charge in [0.1, 0.15) is 5.60 Å². The Morgan fingerprint density at radius 3 is 2.48 bits per heavy atom. The fourth-order valence-corrected chi connectivity index (χ4v) is 3.24. The van der Waals surface area contributed by atoms with E-state index in [2.05, 4.69) is 0 Å². The Bertz CT molecular complexity index is 868. The molecule has 0 aliphatic heterocycles. The van der Waals surface area contributed by atoms with Crippen LogP contribution in [0.5, 0.6) is 0 Å². The van der Waals surface area contributed by atoms with Gasteiger partial charge in [0.05, 0.1) is 0 Å². The molecule has 0 saturated carbocycles. The monoisotopic (exact) mass is 366 g/mol. The molecule has 142 valence electrons. The van der Waals surface area contributed by atoms with Crippen LogP contribution in [-0.2, 0) is 9.59 Å². The average molecular weight is 366 g/mol. The topological polar surface area (TPSA) is 74.6 Å². The van der Waals surface area contributed by atoms with Crippen molar-refractivity contribution in [2.75, 3.05) is 0 Å². The molecule has 1 aromatic carbocycles. The van der Waals surface area contributed by atoms with E-state index in [-0.39, 0.29) is 12.2 Å². The number of ketones is 1. The molecule has 0 spiro atoms. The van der Waals surface area contributed by atoms with Crippen molar-refractivity contribution in [2.24, 2.45) is 5.41 Å². The number of carboxylic acid groups (broad SMARTS) is 1. The van der Waals surface area contributed by atoms with Crippen molar-refractivity contribution in [2.45, 2.75) is 39.7 Å². The highest BCUT2D eigenvalue weighted by Crippen LogP contribution is 2.45. The quantitative estimate of drug-likeness (QED) is 0.603. The second-order valence-electron chi connectivity index (χ2n) is 7.64. The van der Waals surface area contributed by atoms with Crippen LogP contribution >= 0.6 is 0 Å². The number of carbonyl (C=O) groups excluding carboxylic acids is 1. The van der Waals surface area contributed by atoms with E-state index >= 15 is 0 Å². The Hall–Kier alpha value is -2.72. The fraction of sp³-hybridized carbons (Fsp3) is 0.304. The van der Waals surface area contributed by atoms with Gasteiger partial charge in [0.2, 0.25) is 0 Å². The van der Waals surface area contributed by atoms with E-state index in [1.54, 1.807) is 25.2 Å². The predicted octanol–water partition coefficient (Wildman–Crippen LogP) is 4.25. The fourth-order valence-electron chi connectivity index (χ4n) is 3.24. The molecule has 27 heavy (non-hydrogen) atoms. The first-order valence-electron chi connectivity index (χ1n) is 8.87. The summed E-state index contributed by atoms with van der Waals surface area (Å²) in [5.41, 5.74) is 0.965. The van der Waals surface area contributed by atoms with E-state index in [4.69, 9.17) is 5.11 Å². The first-order valence-corrected chi connectivity index (χ1v) is 8.87. The van der Waals surface area contributed by atoms with Crippen molar-refractivity contribution >= 4 is 17.8 Å². The molecule has 1 aromatic rings. The van der Waals surface area contributed by atoms with Gasteiger partial charge in [-0.05, 0) is 48.3 Å². The molecule has 1 atom stereocenters. The van der Waals surface area contributed by atoms with Gasteiger partial charge in [-0.3, -0.25) is 4.79 Å². The summed E-state index contributed by atoms with van der Waals surface area (Å²) in [6.45, 7) is 7.32. The van der Waals surface area contributed by atoms with Gasteiger partial charge in [-0.25, -0.2) is 4.79 Å². The van der Waals surface area contributed by atoms with Gasteiger partial charge in [0, 0.05) is 17.9 Å². The smallest absolute Gasteiger partial charge is 0.328 e. The van der Waals surface area contributed by atoms with E-state index in [0.717, 1.165) is 17.2 Å². The van der Waals surface area contributed by atoms with Gasteiger partial charge in [-0.15, -0.1) is 0 Å². The molecule has 0 amide bonds. The second kappa shape index (κ2) is 7.89. The van der Waals surface area contributed by atoms with Crippen molar-refractivity contribution in [1.82, 2.24) is 0 Å². The maximum atomic E-state index is 12.2. The van der Waals surface area contributed by atoms with Crippen LogP contribution in [0.1, 0.15) is 38.3 Å². The van der Waals surface area contributed by atoms with Gasteiger partial charge >= 0.3 is 5.97 Å². The molecule has 1 aliphatic carbocycles. The number of carboxylic acids is 1. The third-order valence-electron chi connectivity index (χ3n) is 4.97. The summed E-state index contributed by atoms with van der Waals surface area (Å²) in [7, 11) is 0. The van der Waals surface area contributed by atoms with Crippen LogP contribution in [0.3, 0.4) is 0 Å². The molecular weight excluding hydrogens is 340 g/mol. The molecule has 0 radical (unpaired) electrons. The van der Waals surface area contributed by atoms with E-state index in [0.29, 0.717) is 11.1 Å². The summed E-state index contributed by atoms with van der Waals surface area (Å²) in [5.74, 6) is -1.09. The Balaban J connectivity index is 2.48. The minimum atomic E-state index is -1.40. The van der Waals surface area contributed by atoms with Gasteiger partial charge in [-0.1, -0.05) is 56.3 Å². The number of rotatable bonds is 5. The normalized spacial score (nSPS) is 23.1. The van der Waals surface area contributed by atoms with Gasteiger partial charge in [0.15, 0.2) is 5.78 Å². The third-order valence-corrected chi connectivity index (χ3v) is 4.97. The highest BCUT2D eigenvalue weighted by Gasteiger charge is 2.47. The van der Waals surface area contributed by atoms with Crippen LogP contribution in [0.25, 0.3) is 6.08 Å². The van der Waals surface area contributed by atoms with Crippen molar-refractivity contribution in [3.05, 3.63) is 76.9 Å². The Morgan fingerprint density at radius 1 is 1.19 bits per heavy atom. The van der Waals surface area contributed by atoms with Crippen molar-refractivity contribution in [3.63, 3.8) is 0 Å². The minimum Gasteiger partial charge on any atom is -0.478 e. The number of benzene rings is 1. The molecule has 0 unspecified atom stereocenters. The Kier molecular flexibility index (Phi) is 6.01. The lowest BCUT2D eigenvalue weighted by atomic mass is 9.64. The largest absolute Gasteiger partial charge is 0.478 e. The Morgan fingerprint density at radius 2 is 1.85 bits per heavy atom. The van der Waals surface area contributed by atoms with E-state index < -0.39 is 17.0 Å². The first-order chi connectivity index (χ1) is 12.5. The lowest BCUT2D eigenvalue weighted by Crippen LogP contribution is -2.48. The zero-order valence-electron chi connectivity index (χ0n) is 16.2.